The number of hydrogen-bond donors (Lipinski definition) is 1. The van der Waals surface area contributed by atoms with E-state index >= 15 is 0 Å². The van der Waals surface area contributed by atoms with Crippen LogP contribution >= 0.6 is 0 Å². The Morgan fingerprint density at radius 3 is 2.17 bits per heavy atom. The zero-order valence-corrected chi connectivity index (χ0v) is 7.63. The second-order valence-electron chi connectivity index (χ2n) is 2.18. The molecule has 0 bridgehead atoms. The van der Waals surface area contributed by atoms with Crippen LogP contribution in [-0.4, -0.2) is 24.2 Å². The maximum absolute atomic E-state index is 10.5. The standard InChI is InChI=1S/C7H12O4.ClH/c1-11-7(10)5-3-2-4-6(8)9;/h2-5H2,1H3,(H,8,9);1H/p-1. The van der Waals surface area contributed by atoms with Crippen LogP contribution in [0.5, 0.6) is 0 Å². The van der Waals surface area contributed by atoms with Crippen molar-refractivity contribution >= 4 is 11.9 Å². The molecule has 0 fully saturated rings. The summed E-state index contributed by atoms with van der Waals surface area (Å²) in [6, 6.07) is 0. The number of esters is 1. The molecule has 12 heavy (non-hydrogen) atoms. The summed E-state index contributed by atoms with van der Waals surface area (Å²) >= 11 is 0. The van der Waals surface area contributed by atoms with E-state index < -0.39 is 5.97 Å². The molecule has 0 saturated carbocycles. The first kappa shape index (κ1) is 13.8. The molecule has 0 radical (unpaired) electrons. The fourth-order valence-corrected chi connectivity index (χ4v) is 0.648. The van der Waals surface area contributed by atoms with Crippen LogP contribution in [0.2, 0.25) is 0 Å². The Balaban J connectivity index is 0. The molecule has 0 aromatic heterocycles. The lowest BCUT2D eigenvalue weighted by molar-refractivity contribution is -0.141. The van der Waals surface area contributed by atoms with E-state index in [-0.39, 0.29) is 24.8 Å². The number of ether oxygens (including phenoxy) is 1. The monoisotopic (exact) mass is 195 g/mol. The second-order valence-corrected chi connectivity index (χ2v) is 2.18. The summed E-state index contributed by atoms with van der Waals surface area (Å²) < 4.78 is 4.37. The maximum atomic E-state index is 10.5. The molecule has 0 aliphatic carbocycles. The molecule has 0 saturated heterocycles. The molecule has 0 atom stereocenters. The van der Waals surface area contributed by atoms with Crippen LogP contribution < -0.4 is 12.4 Å². The first-order chi connectivity index (χ1) is 5.16. The van der Waals surface area contributed by atoms with Gasteiger partial charge in [0.15, 0.2) is 0 Å². The number of unbranched alkanes of at least 4 members (excludes halogenated alkanes) is 1. The first-order valence-corrected chi connectivity index (χ1v) is 3.45. The fourth-order valence-electron chi connectivity index (χ4n) is 0.648. The third-order valence-corrected chi connectivity index (χ3v) is 1.25. The lowest BCUT2D eigenvalue weighted by Crippen LogP contribution is -3.00. The highest BCUT2D eigenvalue weighted by atomic mass is 35.5. The molecular formula is C7H12ClO4-. The highest BCUT2D eigenvalue weighted by molar-refractivity contribution is 5.69. The van der Waals surface area contributed by atoms with Gasteiger partial charge in [-0.3, -0.25) is 9.59 Å². The van der Waals surface area contributed by atoms with Crippen LogP contribution in [0.3, 0.4) is 0 Å². The predicted molar refractivity (Wildman–Crippen MR) is 38.1 cm³/mol. The van der Waals surface area contributed by atoms with Gasteiger partial charge in [0.2, 0.25) is 0 Å². The number of carboxylic acid groups (broad SMARTS) is 1. The minimum Gasteiger partial charge on any atom is -1.00 e. The van der Waals surface area contributed by atoms with Gasteiger partial charge in [0, 0.05) is 12.8 Å². The van der Waals surface area contributed by atoms with Gasteiger partial charge in [0.25, 0.3) is 0 Å². The van der Waals surface area contributed by atoms with Crippen molar-refractivity contribution < 1.29 is 31.8 Å². The van der Waals surface area contributed by atoms with Gasteiger partial charge in [-0.15, -0.1) is 0 Å². The zero-order chi connectivity index (χ0) is 8.69. The van der Waals surface area contributed by atoms with Gasteiger partial charge < -0.3 is 22.3 Å². The molecule has 72 valence electrons. The van der Waals surface area contributed by atoms with Crippen LogP contribution in [0.1, 0.15) is 25.7 Å². The van der Waals surface area contributed by atoms with Crippen molar-refractivity contribution in [2.45, 2.75) is 25.7 Å². The normalized spacial score (nSPS) is 8.42. The van der Waals surface area contributed by atoms with E-state index in [1.165, 1.54) is 7.11 Å². The number of rotatable bonds is 5. The van der Waals surface area contributed by atoms with E-state index in [9.17, 15) is 9.59 Å². The fraction of sp³-hybridized carbons (Fsp3) is 0.714. The number of carbonyl (C=O) groups is 2. The van der Waals surface area contributed by atoms with E-state index in [1.54, 1.807) is 0 Å². The second kappa shape index (κ2) is 8.33. The number of carbonyl (C=O) groups excluding carboxylic acids is 1. The largest absolute Gasteiger partial charge is 1.00 e. The topological polar surface area (TPSA) is 63.6 Å². The molecule has 0 aromatic carbocycles. The van der Waals surface area contributed by atoms with Crippen LogP contribution in [0, 0.1) is 0 Å². The SMILES string of the molecule is COC(=O)CCCCC(=O)O.[Cl-]. The predicted octanol–water partition coefficient (Wildman–Crippen LogP) is -2.19. The number of halogens is 1. The van der Waals surface area contributed by atoms with Crippen LogP contribution in [0.15, 0.2) is 0 Å². The summed E-state index contributed by atoms with van der Waals surface area (Å²) in [5, 5.41) is 8.22. The first-order valence-electron chi connectivity index (χ1n) is 3.45. The number of aliphatic carboxylic acids is 1. The molecular weight excluding hydrogens is 184 g/mol. The summed E-state index contributed by atoms with van der Waals surface area (Å²) in [6.07, 6.45) is 1.55. The minimum atomic E-state index is -0.824. The average Bonchev–Trinajstić information content (AvgIpc) is 1.97. The van der Waals surface area contributed by atoms with Gasteiger partial charge in [-0.2, -0.15) is 0 Å². The Labute approximate surface area is 77.3 Å². The van der Waals surface area contributed by atoms with Gasteiger partial charge in [0.1, 0.15) is 0 Å². The zero-order valence-electron chi connectivity index (χ0n) is 6.88. The number of carboxylic acids is 1. The highest BCUT2D eigenvalue weighted by Gasteiger charge is 2.01. The van der Waals surface area contributed by atoms with Crippen LogP contribution in [-0.2, 0) is 14.3 Å². The Bertz CT molecular complexity index is 146. The smallest absolute Gasteiger partial charge is 0.305 e. The van der Waals surface area contributed by atoms with Crippen molar-refractivity contribution in [2.24, 2.45) is 0 Å². The van der Waals surface area contributed by atoms with Crippen molar-refractivity contribution in [1.82, 2.24) is 0 Å². The molecule has 0 aliphatic heterocycles. The molecule has 5 heteroatoms. The molecule has 0 spiro atoms. The van der Waals surface area contributed by atoms with Crippen LogP contribution in [0.4, 0.5) is 0 Å². The minimum absolute atomic E-state index is 0. The average molecular weight is 196 g/mol. The van der Waals surface area contributed by atoms with E-state index in [4.69, 9.17) is 5.11 Å². The quantitative estimate of drug-likeness (QED) is 0.400. The van der Waals surface area contributed by atoms with E-state index in [2.05, 4.69) is 4.74 Å². The molecule has 0 aromatic rings. The molecule has 0 amide bonds. The molecule has 0 aliphatic rings. The molecule has 4 nitrogen and oxygen atoms in total. The Kier molecular flexibility index (Phi) is 9.57. The Morgan fingerprint density at radius 2 is 1.75 bits per heavy atom. The number of hydrogen-bond acceptors (Lipinski definition) is 3. The third-order valence-electron chi connectivity index (χ3n) is 1.25. The maximum Gasteiger partial charge on any atom is 0.305 e. The summed E-state index contributed by atoms with van der Waals surface area (Å²) in [5.74, 6) is -1.11. The Morgan fingerprint density at radius 1 is 1.25 bits per heavy atom. The highest BCUT2D eigenvalue weighted by Crippen LogP contribution is 2.00. The van der Waals surface area contributed by atoms with Gasteiger partial charge >= 0.3 is 11.9 Å². The van der Waals surface area contributed by atoms with Gasteiger partial charge in [-0.05, 0) is 12.8 Å². The summed E-state index contributed by atoms with van der Waals surface area (Å²) in [7, 11) is 1.32. The van der Waals surface area contributed by atoms with Crippen molar-refractivity contribution in [3.05, 3.63) is 0 Å². The van der Waals surface area contributed by atoms with Gasteiger partial charge in [-0.25, -0.2) is 0 Å². The van der Waals surface area contributed by atoms with E-state index in [0.717, 1.165) is 0 Å². The van der Waals surface area contributed by atoms with Crippen molar-refractivity contribution in [2.75, 3.05) is 7.11 Å². The molecule has 0 heterocycles. The number of methoxy groups -OCH3 is 1. The van der Waals surface area contributed by atoms with Crippen molar-refractivity contribution in [3.63, 3.8) is 0 Å². The van der Waals surface area contributed by atoms with E-state index in [0.29, 0.717) is 19.3 Å². The summed E-state index contributed by atoms with van der Waals surface area (Å²) in [4.78, 5) is 20.5. The lowest BCUT2D eigenvalue weighted by atomic mass is 10.2. The Hall–Kier alpha value is -0.770. The van der Waals surface area contributed by atoms with Gasteiger partial charge in [-0.1, -0.05) is 0 Å². The van der Waals surface area contributed by atoms with Crippen molar-refractivity contribution in [3.8, 4) is 0 Å². The molecule has 0 unspecified atom stereocenters. The molecule has 0 rings (SSSR count). The van der Waals surface area contributed by atoms with Gasteiger partial charge in [0.05, 0.1) is 7.11 Å². The lowest BCUT2D eigenvalue weighted by Gasteiger charge is -1.96. The molecule has 1 N–H and O–H groups in total. The third kappa shape index (κ3) is 9.23. The van der Waals surface area contributed by atoms with Crippen LogP contribution in [0.25, 0.3) is 0 Å². The van der Waals surface area contributed by atoms with E-state index in [1.807, 2.05) is 0 Å². The summed E-state index contributed by atoms with van der Waals surface area (Å²) in [6.45, 7) is 0. The van der Waals surface area contributed by atoms with Crippen molar-refractivity contribution in [1.29, 1.82) is 0 Å². The summed E-state index contributed by atoms with van der Waals surface area (Å²) in [5.41, 5.74) is 0.